The highest BCUT2D eigenvalue weighted by atomic mass is 35.5. The highest BCUT2D eigenvalue weighted by Crippen LogP contribution is 2.34. The summed E-state index contributed by atoms with van der Waals surface area (Å²) in [5, 5.41) is 4.71. The number of anilines is 1. The molecular weight excluding hydrogens is 436 g/mol. The minimum atomic E-state index is -3.98. The van der Waals surface area contributed by atoms with Gasteiger partial charge in [-0.2, -0.15) is 5.10 Å². The second-order valence-electron chi connectivity index (χ2n) is 7.29. The molecule has 0 radical (unpaired) electrons. The van der Waals surface area contributed by atoms with E-state index in [0.717, 1.165) is 22.5 Å². The van der Waals surface area contributed by atoms with E-state index in [-0.39, 0.29) is 10.6 Å². The van der Waals surface area contributed by atoms with Crippen LogP contribution in [0.25, 0.3) is 16.8 Å². The van der Waals surface area contributed by atoms with Crippen molar-refractivity contribution >= 4 is 33.0 Å². The normalized spacial score (nSPS) is 11.6. The van der Waals surface area contributed by atoms with Crippen molar-refractivity contribution in [1.29, 1.82) is 0 Å². The van der Waals surface area contributed by atoms with Gasteiger partial charge in [0.1, 0.15) is 10.6 Å². The Balaban J connectivity index is 1.83. The molecule has 0 amide bonds. The third-order valence-electron chi connectivity index (χ3n) is 4.91. The van der Waals surface area contributed by atoms with Gasteiger partial charge in [0, 0.05) is 17.0 Å². The summed E-state index contributed by atoms with van der Waals surface area (Å²) in [6, 6.07) is 12.0. The van der Waals surface area contributed by atoms with Gasteiger partial charge in [0.2, 0.25) is 0 Å². The minimum absolute atomic E-state index is 0.00660. The van der Waals surface area contributed by atoms with E-state index in [2.05, 4.69) is 14.8 Å². The summed E-state index contributed by atoms with van der Waals surface area (Å²) in [4.78, 5) is 4.57. The first-order valence-corrected chi connectivity index (χ1v) is 11.3. The van der Waals surface area contributed by atoms with Crippen molar-refractivity contribution in [1.82, 2.24) is 14.6 Å². The molecule has 160 valence electrons. The molecule has 1 N–H and O–H groups in total. The summed E-state index contributed by atoms with van der Waals surface area (Å²) in [6.45, 7) is 5.73. The number of nitrogens with zero attached hydrogens (tertiary/aromatic N) is 3. The number of sulfonamides is 1. The van der Waals surface area contributed by atoms with Crippen LogP contribution < -0.4 is 9.46 Å². The predicted molar refractivity (Wildman–Crippen MR) is 121 cm³/mol. The van der Waals surface area contributed by atoms with Crippen LogP contribution in [0.2, 0.25) is 5.02 Å². The molecule has 0 unspecified atom stereocenters. The van der Waals surface area contributed by atoms with Crippen LogP contribution in [0.5, 0.6) is 5.75 Å². The minimum Gasteiger partial charge on any atom is -0.495 e. The number of fused-ring (bicyclic) bond motifs is 1. The van der Waals surface area contributed by atoms with E-state index in [4.69, 9.17) is 16.3 Å². The zero-order valence-electron chi connectivity index (χ0n) is 17.5. The van der Waals surface area contributed by atoms with Crippen molar-refractivity contribution in [2.24, 2.45) is 0 Å². The van der Waals surface area contributed by atoms with Gasteiger partial charge in [-0.05, 0) is 62.2 Å². The average Bonchev–Trinajstić information content (AvgIpc) is 3.13. The van der Waals surface area contributed by atoms with E-state index in [1.54, 1.807) is 47.1 Å². The highest BCUT2D eigenvalue weighted by Gasteiger charge is 2.23. The summed E-state index contributed by atoms with van der Waals surface area (Å²) in [7, 11) is -2.55. The van der Waals surface area contributed by atoms with Gasteiger partial charge in [-0.25, -0.2) is 17.9 Å². The second kappa shape index (κ2) is 7.86. The molecule has 2 aromatic heterocycles. The topological polar surface area (TPSA) is 85.6 Å². The van der Waals surface area contributed by atoms with Gasteiger partial charge in [0.25, 0.3) is 10.0 Å². The molecule has 31 heavy (non-hydrogen) atoms. The van der Waals surface area contributed by atoms with E-state index < -0.39 is 10.0 Å². The lowest BCUT2D eigenvalue weighted by Gasteiger charge is -2.14. The molecule has 0 saturated carbocycles. The predicted octanol–water partition coefficient (Wildman–Crippen LogP) is 4.78. The molecule has 2 heterocycles. The molecule has 0 aliphatic heterocycles. The number of nitrogens with one attached hydrogen (secondary N) is 1. The van der Waals surface area contributed by atoms with Gasteiger partial charge in [0.15, 0.2) is 5.65 Å². The van der Waals surface area contributed by atoms with E-state index in [1.807, 2.05) is 26.8 Å². The fourth-order valence-electron chi connectivity index (χ4n) is 3.43. The molecule has 4 aromatic rings. The van der Waals surface area contributed by atoms with Gasteiger partial charge in [0.05, 0.1) is 24.0 Å². The number of halogens is 1. The Labute approximate surface area is 185 Å². The van der Waals surface area contributed by atoms with Gasteiger partial charge < -0.3 is 4.74 Å². The molecular formula is C22H21ClN4O3S. The lowest BCUT2D eigenvalue weighted by atomic mass is 10.1. The number of aryl methyl sites for hydroxylation is 3. The molecule has 0 spiro atoms. The van der Waals surface area contributed by atoms with Crippen molar-refractivity contribution in [2.75, 3.05) is 11.8 Å². The molecule has 4 rings (SSSR count). The SMILES string of the molecule is COc1ccc(-c2cnn3c(C)cc(C)nc23)cc1S(=O)(=O)Nc1ccc(C)cc1Cl. The van der Waals surface area contributed by atoms with Crippen molar-refractivity contribution in [3.05, 3.63) is 70.6 Å². The van der Waals surface area contributed by atoms with Gasteiger partial charge >= 0.3 is 0 Å². The lowest BCUT2D eigenvalue weighted by molar-refractivity contribution is 0.403. The Kier molecular flexibility index (Phi) is 5.36. The first-order chi connectivity index (χ1) is 14.7. The number of rotatable bonds is 5. The Morgan fingerprint density at radius 3 is 2.55 bits per heavy atom. The molecule has 0 fully saturated rings. The Morgan fingerprint density at radius 1 is 1.06 bits per heavy atom. The maximum atomic E-state index is 13.2. The highest BCUT2D eigenvalue weighted by molar-refractivity contribution is 7.92. The lowest BCUT2D eigenvalue weighted by Crippen LogP contribution is -2.14. The molecule has 9 heteroatoms. The fraction of sp³-hybridized carbons (Fsp3) is 0.182. The van der Waals surface area contributed by atoms with Crippen LogP contribution in [0, 0.1) is 20.8 Å². The van der Waals surface area contributed by atoms with Gasteiger partial charge in [-0.15, -0.1) is 0 Å². The van der Waals surface area contributed by atoms with E-state index >= 15 is 0 Å². The molecule has 0 bridgehead atoms. The van der Waals surface area contributed by atoms with Crippen LogP contribution in [0.4, 0.5) is 5.69 Å². The summed E-state index contributed by atoms with van der Waals surface area (Å²) < 4.78 is 36.1. The van der Waals surface area contributed by atoms with Crippen LogP contribution >= 0.6 is 11.6 Å². The molecule has 7 nitrogen and oxygen atoms in total. The van der Waals surface area contributed by atoms with E-state index in [9.17, 15) is 8.42 Å². The van der Waals surface area contributed by atoms with Crippen LogP contribution in [0.3, 0.4) is 0 Å². The van der Waals surface area contributed by atoms with Crippen molar-refractivity contribution < 1.29 is 13.2 Å². The number of benzene rings is 2. The van der Waals surface area contributed by atoms with Crippen molar-refractivity contribution in [2.45, 2.75) is 25.7 Å². The van der Waals surface area contributed by atoms with Crippen LogP contribution in [-0.2, 0) is 10.0 Å². The Bertz CT molecular complexity index is 1410. The molecule has 2 aromatic carbocycles. The first kappa shape index (κ1) is 21.1. The number of ether oxygens (including phenoxy) is 1. The first-order valence-electron chi connectivity index (χ1n) is 9.49. The zero-order valence-corrected chi connectivity index (χ0v) is 19.0. The molecule has 0 saturated heterocycles. The van der Waals surface area contributed by atoms with Crippen molar-refractivity contribution in [3.8, 4) is 16.9 Å². The van der Waals surface area contributed by atoms with Crippen LogP contribution in [0.15, 0.2) is 53.6 Å². The Morgan fingerprint density at radius 2 is 1.84 bits per heavy atom. The smallest absolute Gasteiger partial charge is 0.265 e. The summed E-state index contributed by atoms with van der Waals surface area (Å²) in [6.07, 6.45) is 1.68. The molecule has 0 atom stereocenters. The van der Waals surface area contributed by atoms with Crippen LogP contribution in [-0.4, -0.2) is 30.1 Å². The number of hydrogen-bond acceptors (Lipinski definition) is 5. The quantitative estimate of drug-likeness (QED) is 0.467. The van der Waals surface area contributed by atoms with Crippen molar-refractivity contribution in [3.63, 3.8) is 0 Å². The Hall–Kier alpha value is -3.10. The summed E-state index contributed by atoms with van der Waals surface area (Å²) in [5.74, 6) is 0.219. The van der Waals surface area contributed by atoms with E-state index in [0.29, 0.717) is 21.9 Å². The summed E-state index contributed by atoms with van der Waals surface area (Å²) in [5.41, 5.74) is 5.04. The monoisotopic (exact) mass is 456 g/mol. The number of aromatic nitrogens is 3. The zero-order chi connectivity index (χ0) is 22.3. The standard InChI is InChI=1S/C22H21ClN4O3S/c1-13-5-7-19(18(23)9-13)26-31(28,29)21-11-16(6-8-20(21)30-4)17-12-24-27-15(3)10-14(2)25-22(17)27/h5-12,26H,1-4H3. The molecule has 0 aliphatic rings. The molecule has 0 aliphatic carbocycles. The van der Waals surface area contributed by atoms with Gasteiger partial charge in [-0.1, -0.05) is 23.7 Å². The largest absolute Gasteiger partial charge is 0.495 e. The average molecular weight is 457 g/mol. The third-order valence-corrected chi connectivity index (χ3v) is 6.61. The van der Waals surface area contributed by atoms with E-state index in [1.165, 1.54) is 7.11 Å². The van der Waals surface area contributed by atoms with Gasteiger partial charge in [-0.3, -0.25) is 4.72 Å². The van der Waals surface area contributed by atoms with Crippen LogP contribution in [0.1, 0.15) is 17.0 Å². The summed E-state index contributed by atoms with van der Waals surface area (Å²) >= 11 is 6.23. The maximum Gasteiger partial charge on any atom is 0.265 e. The number of hydrogen-bond donors (Lipinski definition) is 1. The number of methoxy groups -OCH3 is 1. The third kappa shape index (κ3) is 3.96. The maximum absolute atomic E-state index is 13.2. The second-order valence-corrected chi connectivity index (χ2v) is 9.35. The fourth-order valence-corrected chi connectivity index (χ4v) is 5.05.